The number of aliphatic hydroxyl groups is 1. The topological polar surface area (TPSA) is 103 Å². The Morgan fingerprint density at radius 2 is 0.962 bits per heavy atom. The Balaban J connectivity index is 1.17. The van der Waals surface area contributed by atoms with E-state index >= 15 is 0 Å². The summed E-state index contributed by atoms with van der Waals surface area (Å²) in [7, 11) is 0. The van der Waals surface area contributed by atoms with E-state index in [4.69, 9.17) is 42.6 Å². The number of fused-ring (bicyclic) bond motifs is 1. The van der Waals surface area contributed by atoms with Crippen LogP contribution in [0.25, 0.3) is 0 Å². The summed E-state index contributed by atoms with van der Waals surface area (Å²) in [4.78, 5) is 0. The average Bonchev–Trinajstić information content (AvgIpc) is 3.65. The van der Waals surface area contributed by atoms with Gasteiger partial charge in [-0.3, -0.25) is 0 Å². The summed E-state index contributed by atoms with van der Waals surface area (Å²) in [5, 5.41) is 10.7. The van der Waals surface area contributed by atoms with Crippen LogP contribution in [0, 0.1) is 0 Å². The highest BCUT2D eigenvalue weighted by molar-refractivity contribution is 5.16. The molecule has 4 aromatic rings. The summed E-state index contributed by atoms with van der Waals surface area (Å²) < 4.78 is 57.8. The van der Waals surface area contributed by atoms with Crippen molar-refractivity contribution in [2.24, 2.45) is 0 Å². The molecule has 0 spiro atoms. The first-order chi connectivity index (χ1) is 25.4. The summed E-state index contributed by atoms with van der Waals surface area (Å²) >= 11 is 0. The summed E-state index contributed by atoms with van der Waals surface area (Å²) in [6.07, 6.45) is -6.37. The first kappa shape index (κ1) is 36.8. The predicted molar refractivity (Wildman–Crippen MR) is 190 cm³/mol. The maximum absolute atomic E-state index is 10.7. The minimum absolute atomic E-state index is 0.0477. The fourth-order valence-corrected chi connectivity index (χ4v) is 6.86. The maximum atomic E-state index is 10.7. The molecule has 3 aliphatic rings. The molecule has 10 heteroatoms. The van der Waals surface area contributed by atoms with Gasteiger partial charge in [-0.25, -0.2) is 0 Å². The van der Waals surface area contributed by atoms with E-state index in [1.807, 2.05) is 135 Å². The van der Waals surface area contributed by atoms with Crippen molar-refractivity contribution >= 4 is 0 Å². The van der Waals surface area contributed by atoms with Crippen LogP contribution in [0.3, 0.4) is 0 Å². The fraction of sp³-hybridized carbons (Fsp3) is 0.429. The van der Waals surface area contributed by atoms with Gasteiger partial charge < -0.3 is 47.7 Å². The quantitative estimate of drug-likeness (QED) is 0.150. The molecule has 7 rings (SSSR count). The Hall–Kier alpha value is -3.52. The summed E-state index contributed by atoms with van der Waals surface area (Å²) in [5.74, 6) is -0.859. The molecule has 4 aromatic carbocycles. The molecule has 3 fully saturated rings. The molecule has 0 amide bonds. The van der Waals surface area contributed by atoms with Gasteiger partial charge in [0.05, 0.1) is 39.6 Å². The largest absolute Gasteiger partial charge is 0.374 e. The number of rotatable bonds is 16. The van der Waals surface area contributed by atoms with Gasteiger partial charge in [0.15, 0.2) is 18.4 Å². The van der Waals surface area contributed by atoms with Gasteiger partial charge in [-0.2, -0.15) is 0 Å². The van der Waals surface area contributed by atoms with E-state index in [0.717, 1.165) is 22.3 Å². The van der Waals surface area contributed by atoms with Crippen molar-refractivity contribution in [1.82, 2.24) is 0 Å². The van der Waals surface area contributed by atoms with Gasteiger partial charge in [0, 0.05) is 0 Å². The molecule has 3 saturated heterocycles. The highest BCUT2D eigenvalue weighted by Crippen LogP contribution is 2.39. The molecule has 3 heterocycles. The lowest BCUT2D eigenvalue weighted by Crippen LogP contribution is -2.62. The zero-order valence-corrected chi connectivity index (χ0v) is 29.6. The van der Waals surface area contributed by atoms with Crippen molar-refractivity contribution in [3.63, 3.8) is 0 Å². The lowest BCUT2D eigenvalue weighted by molar-refractivity contribution is -0.333. The van der Waals surface area contributed by atoms with E-state index in [-0.39, 0.29) is 19.8 Å². The van der Waals surface area contributed by atoms with Crippen LogP contribution in [0.5, 0.6) is 0 Å². The van der Waals surface area contributed by atoms with Crippen LogP contribution in [-0.4, -0.2) is 79.4 Å². The number of aliphatic hydroxyl groups excluding tert-OH is 1. The third-order valence-corrected chi connectivity index (χ3v) is 9.39. The van der Waals surface area contributed by atoms with E-state index < -0.39 is 61.1 Å². The van der Waals surface area contributed by atoms with Crippen molar-refractivity contribution in [2.45, 2.75) is 101 Å². The molecular weight excluding hydrogens is 664 g/mol. The molecule has 0 unspecified atom stereocenters. The normalized spacial score (nSPS) is 29.6. The van der Waals surface area contributed by atoms with E-state index in [1.54, 1.807) is 0 Å². The first-order valence-electron chi connectivity index (χ1n) is 18.0. The number of ether oxygens (including phenoxy) is 9. The Bertz CT molecular complexity index is 1630. The first-order valence-corrected chi connectivity index (χ1v) is 18.0. The van der Waals surface area contributed by atoms with Crippen LogP contribution in [0.15, 0.2) is 121 Å². The minimum atomic E-state index is -1.14. The fourth-order valence-electron chi connectivity index (χ4n) is 6.86. The second-order valence-corrected chi connectivity index (χ2v) is 13.8. The molecule has 10 nitrogen and oxygen atoms in total. The molecule has 0 aromatic heterocycles. The van der Waals surface area contributed by atoms with Gasteiger partial charge in [-0.1, -0.05) is 121 Å². The van der Waals surface area contributed by atoms with Crippen molar-refractivity contribution in [1.29, 1.82) is 0 Å². The molecular formula is C42H48O10. The molecule has 3 aliphatic heterocycles. The van der Waals surface area contributed by atoms with Crippen LogP contribution in [0.4, 0.5) is 0 Å². The van der Waals surface area contributed by atoms with Crippen LogP contribution in [0.2, 0.25) is 0 Å². The zero-order valence-electron chi connectivity index (χ0n) is 29.6. The molecule has 9 atom stereocenters. The highest BCUT2D eigenvalue weighted by Gasteiger charge is 2.56. The third kappa shape index (κ3) is 9.52. The van der Waals surface area contributed by atoms with Gasteiger partial charge >= 0.3 is 0 Å². The zero-order chi connectivity index (χ0) is 35.8. The number of hydrogen-bond acceptors (Lipinski definition) is 10. The average molecular weight is 713 g/mol. The smallest absolute Gasteiger partial charge is 0.187 e. The predicted octanol–water partition coefficient (Wildman–Crippen LogP) is 5.94. The lowest BCUT2D eigenvalue weighted by Gasteiger charge is -2.46. The van der Waals surface area contributed by atoms with Gasteiger partial charge in [0.2, 0.25) is 0 Å². The summed E-state index contributed by atoms with van der Waals surface area (Å²) in [5.41, 5.74) is 4.05. The molecule has 0 saturated carbocycles. The Morgan fingerprint density at radius 3 is 1.50 bits per heavy atom. The van der Waals surface area contributed by atoms with Crippen LogP contribution >= 0.6 is 0 Å². The molecule has 1 N–H and O–H groups in total. The number of benzene rings is 4. The van der Waals surface area contributed by atoms with Crippen molar-refractivity contribution < 1.29 is 47.7 Å². The van der Waals surface area contributed by atoms with E-state index in [2.05, 4.69) is 0 Å². The van der Waals surface area contributed by atoms with Crippen molar-refractivity contribution in [3.05, 3.63) is 144 Å². The van der Waals surface area contributed by atoms with Gasteiger partial charge in [-0.05, 0) is 36.1 Å². The van der Waals surface area contributed by atoms with E-state index in [0.29, 0.717) is 19.8 Å². The standard InChI is InChI=1S/C42H48O10/c1-42(2)51-36-34(49-40(43)38(36)52-42)28-48-41-39(47-26-32-21-13-6-14-22-32)37(46-25-31-19-11-5-12-20-31)35(45-24-30-17-9-4-10-18-30)33(50-41)27-44-23-29-15-7-3-8-16-29/h3-22,33-41,43H,23-28H2,1-2H3/t33-,34-,35+,36+,37+,38+,39-,40+,41+/m1/s1. The minimum Gasteiger partial charge on any atom is -0.374 e. The molecule has 0 bridgehead atoms. The second kappa shape index (κ2) is 17.5. The lowest BCUT2D eigenvalue weighted by atomic mass is 9.97. The summed E-state index contributed by atoms with van der Waals surface area (Å²) in [6.45, 7) is 5.21. The van der Waals surface area contributed by atoms with Crippen LogP contribution in [0.1, 0.15) is 36.1 Å². The Kier molecular flexibility index (Phi) is 12.4. The second-order valence-electron chi connectivity index (χ2n) is 13.8. The maximum Gasteiger partial charge on any atom is 0.187 e. The summed E-state index contributed by atoms with van der Waals surface area (Å²) in [6, 6.07) is 40.0. The molecule has 276 valence electrons. The van der Waals surface area contributed by atoms with Crippen molar-refractivity contribution in [2.75, 3.05) is 13.2 Å². The van der Waals surface area contributed by atoms with Crippen LogP contribution < -0.4 is 0 Å². The van der Waals surface area contributed by atoms with Crippen molar-refractivity contribution in [3.8, 4) is 0 Å². The highest BCUT2D eigenvalue weighted by atomic mass is 16.8. The van der Waals surface area contributed by atoms with Gasteiger partial charge in [0.25, 0.3) is 0 Å². The van der Waals surface area contributed by atoms with Gasteiger partial charge in [-0.15, -0.1) is 0 Å². The molecule has 52 heavy (non-hydrogen) atoms. The third-order valence-electron chi connectivity index (χ3n) is 9.39. The van der Waals surface area contributed by atoms with Gasteiger partial charge in [0.1, 0.15) is 42.7 Å². The van der Waals surface area contributed by atoms with E-state index in [9.17, 15) is 5.11 Å². The SMILES string of the molecule is CC1(C)O[C@@H]2[C@H](O1)[C@@H](O)O[C@@H]2CO[C@H]1O[C@H](COCc2ccccc2)[C@H](OCc2ccccc2)[C@H](OCc2ccccc2)[C@H]1OCc1ccccc1. The molecule has 0 radical (unpaired) electrons. The number of hydrogen-bond donors (Lipinski definition) is 1. The monoisotopic (exact) mass is 712 g/mol. The molecule has 0 aliphatic carbocycles. The van der Waals surface area contributed by atoms with E-state index in [1.165, 1.54) is 0 Å². The Morgan fingerprint density at radius 1 is 0.500 bits per heavy atom. The Labute approximate surface area is 305 Å². The van der Waals surface area contributed by atoms with Crippen LogP contribution in [-0.2, 0) is 69.1 Å².